The lowest BCUT2D eigenvalue weighted by Crippen LogP contribution is -2.45. The van der Waals surface area contributed by atoms with Crippen molar-refractivity contribution in [2.45, 2.75) is 26.5 Å². The van der Waals surface area contributed by atoms with Gasteiger partial charge in [0.05, 0.1) is 24.4 Å². The molecule has 0 unspecified atom stereocenters. The van der Waals surface area contributed by atoms with E-state index in [0.29, 0.717) is 49.6 Å². The lowest BCUT2D eigenvalue weighted by atomic mass is 9.95. The molecule has 1 heterocycles. The number of carbonyl (C=O) groups is 2. The SMILES string of the molecule is CCOC(=O)C1=C(C)NC(=S)N[C@H]1c1ccccc1OCC(=O)NN=Cc1cc(Cl)ccc1OCc1ccccc1F. The molecule has 3 aromatic carbocycles. The van der Waals surface area contributed by atoms with Crippen LogP contribution < -0.4 is 25.5 Å². The van der Waals surface area contributed by atoms with Crippen molar-refractivity contribution in [1.29, 1.82) is 0 Å². The summed E-state index contributed by atoms with van der Waals surface area (Å²) in [5.74, 6) is -0.644. The highest BCUT2D eigenvalue weighted by atomic mass is 35.5. The molecule has 12 heteroatoms. The number of para-hydroxylation sites is 1. The fourth-order valence-corrected chi connectivity index (χ4v) is 4.58. The Hall–Kier alpha value is -4.48. The van der Waals surface area contributed by atoms with E-state index in [4.69, 9.17) is 38.0 Å². The van der Waals surface area contributed by atoms with Crippen molar-refractivity contribution in [3.05, 3.63) is 106 Å². The van der Waals surface area contributed by atoms with Crippen LogP contribution in [0.5, 0.6) is 11.5 Å². The maximum Gasteiger partial charge on any atom is 0.338 e. The van der Waals surface area contributed by atoms with Gasteiger partial charge in [-0.25, -0.2) is 14.6 Å². The second-order valence-corrected chi connectivity index (χ2v) is 9.82. The first kappa shape index (κ1) is 30.5. The first-order valence-electron chi connectivity index (χ1n) is 12.9. The minimum Gasteiger partial charge on any atom is -0.488 e. The zero-order valence-corrected chi connectivity index (χ0v) is 24.4. The molecular weight excluding hydrogens is 583 g/mol. The van der Waals surface area contributed by atoms with E-state index in [1.165, 1.54) is 12.3 Å². The van der Waals surface area contributed by atoms with Crippen LogP contribution in [0.3, 0.4) is 0 Å². The van der Waals surface area contributed by atoms with E-state index in [2.05, 4.69) is 21.2 Å². The van der Waals surface area contributed by atoms with Crippen LogP contribution >= 0.6 is 23.8 Å². The number of nitrogens with one attached hydrogen (secondary N) is 3. The van der Waals surface area contributed by atoms with Crippen LogP contribution in [-0.4, -0.2) is 36.4 Å². The number of rotatable bonds is 11. The standard InChI is InChI=1S/C30H28ClFN4O5S/c1-3-39-29(38)27-18(2)34-30(42)35-28(27)22-9-5-7-11-25(22)41-17-26(37)36-33-15-20-14-21(31)12-13-24(20)40-16-19-8-4-6-10-23(19)32/h4-15,28H,3,16-17H2,1-2H3,(H,36,37)(H2,34,35,42)/t28-/m0/s1. The predicted octanol–water partition coefficient (Wildman–Crippen LogP) is 4.94. The lowest BCUT2D eigenvalue weighted by Gasteiger charge is -2.30. The summed E-state index contributed by atoms with van der Waals surface area (Å²) in [5.41, 5.74) is 4.78. The Morgan fingerprint density at radius 1 is 1.10 bits per heavy atom. The second kappa shape index (κ2) is 14.4. The number of amides is 1. The number of thiocarbonyl (C=S) groups is 1. The number of hydrogen-bond acceptors (Lipinski definition) is 7. The van der Waals surface area contributed by atoms with E-state index in [-0.39, 0.29) is 25.6 Å². The molecule has 0 spiro atoms. The van der Waals surface area contributed by atoms with Crippen molar-refractivity contribution in [3.63, 3.8) is 0 Å². The van der Waals surface area contributed by atoms with Gasteiger partial charge >= 0.3 is 5.97 Å². The molecule has 3 aromatic rings. The summed E-state index contributed by atoms with van der Waals surface area (Å²) in [6, 6.07) is 17.5. The molecule has 3 N–H and O–H groups in total. The van der Waals surface area contributed by atoms with Gasteiger partial charge in [-0.15, -0.1) is 0 Å². The van der Waals surface area contributed by atoms with E-state index < -0.39 is 17.9 Å². The van der Waals surface area contributed by atoms with E-state index in [1.807, 2.05) is 0 Å². The molecule has 1 amide bonds. The van der Waals surface area contributed by atoms with Crippen molar-refractivity contribution >= 4 is 47.0 Å². The number of carbonyl (C=O) groups excluding carboxylic acids is 2. The van der Waals surface area contributed by atoms with Gasteiger partial charge in [0.1, 0.15) is 23.9 Å². The van der Waals surface area contributed by atoms with Crippen LogP contribution in [0.4, 0.5) is 4.39 Å². The van der Waals surface area contributed by atoms with Gasteiger partial charge in [-0.1, -0.05) is 48.0 Å². The third-order valence-corrected chi connectivity index (χ3v) is 6.51. The van der Waals surface area contributed by atoms with Gasteiger partial charge in [-0.05, 0) is 56.4 Å². The van der Waals surface area contributed by atoms with Crippen LogP contribution in [0.25, 0.3) is 0 Å². The van der Waals surface area contributed by atoms with Crippen LogP contribution in [0.1, 0.15) is 36.6 Å². The maximum absolute atomic E-state index is 14.0. The number of halogens is 2. The third kappa shape index (κ3) is 7.83. The van der Waals surface area contributed by atoms with Crippen LogP contribution in [0.15, 0.2) is 83.1 Å². The average Bonchev–Trinajstić information content (AvgIpc) is 2.96. The highest BCUT2D eigenvalue weighted by Crippen LogP contribution is 2.33. The molecule has 0 radical (unpaired) electrons. The van der Waals surface area contributed by atoms with Crippen LogP contribution in [0.2, 0.25) is 5.02 Å². The monoisotopic (exact) mass is 610 g/mol. The van der Waals surface area contributed by atoms with Gasteiger partial charge in [0.2, 0.25) is 0 Å². The Morgan fingerprint density at radius 2 is 1.86 bits per heavy atom. The van der Waals surface area contributed by atoms with Crippen molar-refractivity contribution in [1.82, 2.24) is 16.1 Å². The first-order chi connectivity index (χ1) is 20.3. The summed E-state index contributed by atoms with van der Waals surface area (Å²) >= 11 is 11.4. The Bertz CT molecular complexity index is 1550. The number of esters is 1. The van der Waals surface area contributed by atoms with Gasteiger partial charge in [0.15, 0.2) is 11.7 Å². The quantitative estimate of drug-likeness (QED) is 0.121. The van der Waals surface area contributed by atoms with Gasteiger partial charge in [0.25, 0.3) is 5.91 Å². The zero-order valence-electron chi connectivity index (χ0n) is 22.8. The molecule has 42 heavy (non-hydrogen) atoms. The molecule has 0 aromatic heterocycles. The highest BCUT2D eigenvalue weighted by Gasteiger charge is 2.32. The number of ether oxygens (including phenoxy) is 3. The van der Waals surface area contributed by atoms with E-state index in [9.17, 15) is 14.0 Å². The van der Waals surface area contributed by atoms with Gasteiger partial charge < -0.3 is 24.8 Å². The highest BCUT2D eigenvalue weighted by molar-refractivity contribution is 7.80. The topological polar surface area (TPSA) is 110 Å². The molecule has 1 aliphatic heterocycles. The van der Waals surface area contributed by atoms with Gasteiger partial charge in [-0.3, -0.25) is 4.79 Å². The van der Waals surface area contributed by atoms with Crippen LogP contribution in [-0.2, 0) is 20.9 Å². The first-order valence-corrected chi connectivity index (χ1v) is 13.7. The largest absolute Gasteiger partial charge is 0.488 e. The van der Waals surface area contributed by atoms with Crippen molar-refractivity contribution < 1.29 is 28.2 Å². The third-order valence-electron chi connectivity index (χ3n) is 6.06. The molecule has 0 aliphatic carbocycles. The molecular formula is C30H28ClFN4O5S. The summed E-state index contributed by atoms with van der Waals surface area (Å²) in [7, 11) is 0. The van der Waals surface area contributed by atoms with Crippen molar-refractivity contribution in [3.8, 4) is 11.5 Å². The van der Waals surface area contributed by atoms with Crippen molar-refractivity contribution in [2.75, 3.05) is 13.2 Å². The molecule has 1 aliphatic rings. The minimum atomic E-state index is -0.652. The smallest absolute Gasteiger partial charge is 0.338 e. The van der Waals surface area contributed by atoms with E-state index in [1.54, 1.807) is 74.5 Å². The van der Waals surface area contributed by atoms with E-state index >= 15 is 0 Å². The summed E-state index contributed by atoms with van der Waals surface area (Å²) < 4.78 is 30.8. The maximum atomic E-state index is 14.0. The van der Waals surface area contributed by atoms with Gasteiger partial charge in [0, 0.05) is 27.4 Å². The van der Waals surface area contributed by atoms with E-state index in [0.717, 1.165) is 0 Å². The normalized spacial score (nSPS) is 14.7. The molecule has 0 bridgehead atoms. The summed E-state index contributed by atoms with van der Waals surface area (Å²) in [6.07, 6.45) is 1.37. The Morgan fingerprint density at radius 3 is 2.64 bits per heavy atom. The molecule has 1 atom stereocenters. The summed E-state index contributed by atoms with van der Waals surface area (Å²) in [5, 5.41) is 10.8. The summed E-state index contributed by atoms with van der Waals surface area (Å²) in [6.45, 7) is 3.30. The molecule has 9 nitrogen and oxygen atoms in total. The number of allylic oxidation sites excluding steroid dienone is 1. The van der Waals surface area contributed by atoms with Crippen LogP contribution in [0, 0.1) is 5.82 Å². The Kier molecular flexibility index (Phi) is 10.5. The molecule has 4 rings (SSSR count). The van der Waals surface area contributed by atoms with Gasteiger partial charge in [-0.2, -0.15) is 5.10 Å². The number of benzene rings is 3. The average molecular weight is 611 g/mol. The molecule has 218 valence electrons. The molecule has 0 saturated heterocycles. The number of hydrogen-bond donors (Lipinski definition) is 3. The Balaban J connectivity index is 1.42. The minimum absolute atomic E-state index is 0.00200. The fraction of sp³-hybridized carbons (Fsp3) is 0.200. The second-order valence-electron chi connectivity index (χ2n) is 8.97. The lowest BCUT2D eigenvalue weighted by molar-refractivity contribution is -0.139. The molecule has 0 fully saturated rings. The Labute approximate surface area is 252 Å². The number of hydrazone groups is 1. The predicted molar refractivity (Wildman–Crippen MR) is 161 cm³/mol. The molecule has 0 saturated carbocycles. The zero-order chi connectivity index (χ0) is 30.1. The summed E-state index contributed by atoms with van der Waals surface area (Å²) in [4.78, 5) is 25.3. The fourth-order valence-electron chi connectivity index (χ4n) is 4.13. The van der Waals surface area contributed by atoms with Crippen molar-refractivity contribution in [2.24, 2.45) is 5.10 Å². The number of nitrogens with zero attached hydrogens (tertiary/aromatic N) is 1.